The third-order valence-electron chi connectivity index (χ3n) is 4.89. The lowest BCUT2D eigenvalue weighted by Crippen LogP contribution is -2.45. The minimum Gasteiger partial charge on any atom is -0.490 e. The van der Waals surface area contributed by atoms with Crippen molar-refractivity contribution >= 4 is 5.91 Å². The number of halogens is 1. The van der Waals surface area contributed by atoms with Crippen LogP contribution in [0.2, 0.25) is 0 Å². The van der Waals surface area contributed by atoms with E-state index in [2.05, 4.69) is 4.90 Å². The molecular formula is C18H25FN2O2. The quantitative estimate of drug-likeness (QED) is 0.855. The highest BCUT2D eigenvalue weighted by molar-refractivity contribution is 5.76. The van der Waals surface area contributed by atoms with Crippen LogP contribution in [-0.4, -0.2) is 55.0 Å². The highest BCUT2D eigenvalue weighted by Crippen LogP contribution is 2.22. The second kappa shape index (κ2) is 7.30. The van der Waals surface area contributed by atoms with Crippen molar-refractivity contribution in [2.75, 3.05) is 33.2 Å². The Hall–Kier alpha value is -1.62. The fraction of sp³-hybridized carbons (Fsp3) is 0.611. The van der Waals surface area contributed by atoms with E-state index in [4.69, 9.17) is 4.74 Å². The molecule has 1 amide bonds. The van der Waals surface area contributed by atoms with Crippen LogP contribution in [0.4, 0.5) is 4.39 Å². The minimum absolute atomic E-state index is 0.215. The summed E-state index contributed by atoms with van der Waals surface area (Å²) in [6.45, 7) is 4.01. The maximum Gasteiger partial charge on any atom is 0.222 e. The van der Waals surface area contributed by atoms with Crippen LogP contribution in [0.15, 0.2) is 24.3 Å². The van der Waals surface area contributed by atoms with Gasteiger partial charge in [0.05, 0.1) is 0 Å². The minimum atomic E-state index is -0.233. The van der Waals surface area contributed by atoms with Gasteiger partial charge in [-0.05, 0) is 49.4 Å². The van der Waals surface area contributed by atoms with E-state index in [1.54, 1.807) is 12.1 Å². The number of hydrogen-bond acceptors (Lipinski definition) is 3. The molecule has 2 fully saturated rings. The summed E-state index contributed by atoms with van der Waals surface area (Å²) in [5.41, 5.74) is 0. The van der Waals surface area contributed by atoms with Crippen molar-refractivity contribution in [3.63, 3.8) is 0 Å². The van der Waals surface area contributed by atoms with Gasteiger partial charge in [-0.25, -0.2) is 4.39 Å². The molecule has 2 aliphatic heterocycles. The molecule has 5 heteroatoms. The molecule has 0 aromatic heterocycles. The van der Waals surface area contributed by atoms with E-state index in [0.29, 0.717) is 12.3 Å². The molecule has 0 bridgehead atoms. The van der Waals surface area contributed by atoms with Gasteiger partial charge in [-0.2, -0.15) is 0 Å². The Morgan fingerprint density at radius 2 is 1.87 bits per heavy atom. The van der Waals surface area contributed by atoms with Crippen LogP contribution in [0.25, 0.3) is 0 Å². The number of carbonyl (C=O) groups excluding carboxylic acids is 1. The van der Waals surface area contributed by atoms with Gasteiger partial charge in [-0.1, -0.05) is 0 Å². The zero-order valence-electron chi connectivity index (χ0n) is 13.7. The van der Waals surface area contributed by atoms with E-state index in [1.165, 1.54) is 12.1 Å². The van der Waals surface area contributed by atoms with Gasteiger partial charge in [0.25, 0.3) is 0 Å². The summed E-state index contributed by atoms with van der Waals surface area (Å²) in [4.78, 5) is 15.9. The molecule has 2 aliphatic rings. The number of carbonyl (C=O) groups is 1. The van der Waals surface area contributed by atoms with Gasteiger partial charge in [-0.3, -0.25) is 4.79 Å². The van der Waals surface area contributed by atoms with Crippen molar-refractivity contribution in [1.82, 2.24) is 9.80 Å². The average Bonchev–Trinajstić information content (AvgIpc) is 2.55. The monoisotopic (exact) mass is 320 g/mol. The smallest absolute Gasteiger partial charge is 0.222 e. The first-order chi connectivity index (χ1) is 11.1. The van der Waals surface area contributed by atoms with Crippen LogP contribution < -0.4 is 4.74 Å². The maximum absolute atomic E-state index is 12.9. The van der Waals surface area contributed by atoms with Gasteiger partial charge in [0.2, 0.25) is 5.91 Å². The summed E-state index contributed by atoms with van der Waals surface area (Å²) in [5.74, 6) is 1.38. The van der Waals surface area contributed by atoms with Crippen LogP contribution >= 0.6 is 0 Å². The number of hydrogen-bond donors (Lipinski definition) is 0. The van der Waals surface area contributed by atoms with Gasteiger partial charge in [0.1, 0.15) is 17.7 Å². The molecular weight excluding hydrogens is 295 g/mol. The summed E-state index contributed by atoms with van der Waals surface area (Å²) in [6.07, 6.45) is 3.91. The number of benzene rings is 1. The van der Waals surface area contributed by atoms with Gasteiger partial charge in [0.15, 0.2) is 0 Å². The van der Waals surface area contributed by atoms with Crippen molar-refractivity contribution in [3.05, 3.63) is 30.1 Å². The van der Waals surface area contributed by atoms with E-state index in [1.807, 2.05) is 11.9 Å². The first-order valence-corrected chi connectivity index (χ1v) is 8.48. The predicted octanol–water partition coefficient (Wildman–Crippen LogP) is 2.54. The summed E-state index contributed by atoms with van der Waals surface area (Å²) >= 11 is 0. The lowest BCUT2D eigenvalue weighted by Gasteiger charge is -2.37. The van der Waals surface area contributed by atoms with E-state index in [-0.39, 0.29) is 17.8 Å². The molecule has 1 aromatic rings. The van der Waals surface area contributed by atoms with Crippen molar-refractivity contribution in [2.24, 2.45) is 5.92 Å². The Morgan fingerprint density at radius 1 is 1.17 bits per heavy atom. The predicted molar refractivity (Wildman–Crippen MR) is 86.9 cm³/mol. The van der Waals surface area contributed by atoms with Crippen molar-refractivity contribution in [2.45, 2.75) is 31.8 Å². The lowest BCUT2D eigenvalue weighted by atomic mass is 9.96. The Balaban J connectivity index is 1.41. The third-order valence-corrected chi connectivity index (χ3v) is 4.89. The molecule has 2 saturated heterocycles. The number of nitrogens with zero attached hydrogens (tertiary/aromatic N) is 2. The SMILES string of the molecule is CN1CC(CN2CCC(Oc3ccc(F)cc3)CC2)CCC1=O. The summed E-state index contributed by atoms with van der Waals surface area (Å²) in [5, 5.41) is 0. The Bertz CT molecular complexity index is 526. The van der Waals surface area contributed by atoms with Crippen LogP contribution in [-0.2, 0) is 4.79 Å². The second-order valence-corrected chi connectivity index (χ2v) is 6.75. The standard InChI is InChI=1S/C18H25FN2O2/c1-20-12-14(2-7-18(20)22)13-21-10-8-17(9-11-21)23-16-5-3-15(19)4-6-16/h3-6,14,17H,2,7-13H2,1H3. The lowest BCUT2D eigenvalue weighted by molar-refractivity contribution is -0.133. The van der Waals surface area contributed by atoms with Crippen molar-refractivity contribution in [1.29, 1.82) is 0 Å². The second-order valence-electron chi connectivity index (χ2n) is 6.75. The molecule has 3 rings (SSSR count). The van der Waals surface area contributed by atoms with E-state index in [0.717, 1.165) is 51.2 Å². The number of rotatable bonds is 4. The average molecular weight is 320 g/mol. The number of piperidine rings is 2. The van der Waals surface area contributed by atoms with Gasteiger partial charge >= 0.3 is 0 Å². The number of ether oxygens (including phenoxy) is 1. The molecule has 126 valence electrons. The van der Waals surface area contributed by atoms with Crippen LogP contribution in [0.3, 0.4) is 0 Å². The fourth-order valence-electron chi connectivity index (χ4n) is 3.53. The molecule has 1 atom stereocenters. The molecule has 0 radical (unpaired) electrons. The summed E-state index contributed by atoms with van der Waals surface area (Å²) in [6, 6.07) is 6.25. The van der Waals surface area contributed by atoms with Gasteiger partial charge < -0.3 is 14.5 Å². The largest absolute Gasteiger partial charge is 0.490 e. The Morgan fingerprint density at radius 3 is 2.52 bits per heavy atom. The first kappa shape index (κ1) is 16.2. The molecule has 1 unspecified atom stereocenters. The van der Waals surface area contributed by atoms with Crippen LogP contribution in [0, 0.1) is 11.7 Å². The normalized spacial score (nSPS) is 24.0. The van der Waals surface area contributed by atoms with Gasteiger partial charge in [0, 0.05) is 39.6 Å². The molecule has 0 saturated carbocycles. The Kier molecular flexibility index (Phi) is 5.16. The molecule has 2 heterocycles. The van der Waals surface area contributed by atoms with Gasteiger partial charge in [-0.15, -0.1) is 0 Å². The molecule has 4 nitrogen and oxygen atoms in total. The molecule has 23 heavy (non-hydrogen) atoms. The Labute approximate surface area is 137 Å². The highest BCUT2D eigenvalue weighted by atomic mass is 19.1. The van der Waals surface area contributed by atoms with E-state index in [9.17, 15) is 9.18 Å². The zero-order valence-corrected chi connectivity index (χ0v) is 13.7. The fourth-order valence-corrected chi connectivity index (χ4v) is 3.53. The third kappa shape index (κ3) is 4.44. The molecule has 0 spiro atoms. The maximum atomic E-state index is 12.9. The molecule has 1 aromatic carbocycles. The zero-order chi connectivity index (χ0) is 16.2. The van der Waals surface area contributed by atoms with Crippen molar-refractivity contribution < 1.29 is 13.9 Å². The topological polar surface area (TPSA) is 32.8 Å². The molecule has 0 aliphatic carbocycles. The van der Waals surface area contributed by atoms with Crippen LogP contribution in [0.5, 0.6) is 5.75 Å². The number of likely N-dealkylation sites (tertiary alicyclic amines) is 2. The van der Waals surface area contributed by atoms with E-state index >= 15 is 0 Å². The highest BCUT2D eigenvalue weighted by Gasteiger charge is 2.27. The summed E-state index contributed by atoms with van der Waals surface area (Å²) in [7, 11) is 1.90. The number of amides is 1. The van der Waals surface area contributed by atoms with E-state index < -0.39 is 0 Å². The van der Waals surface area contributed by atoms with Crippen molar-refractivity contribution in [3.8, 4) is 5.75 Å². The summed E-state index contributed by atoms with van der Waals surface area (Å²) < 4.78 is 18.8. The molecule has 0 N–H and O–H groups in total. The first-order valence-electron chi connectivity index (χ1n) is 8.48. The van der Waals surface area contributed by atoms with Crippen LogP contribution in [0.1, 0.15) is 25.7 Å².